The molecular formula is C6H9N3O2. The molecule has 0 aliphatic rings. The Bertz CT molecular complexity index is 256. The van der Waals surface area contributed by atoms with Crippen LogP contribution in [0.2, 0.25) is 0 Å². The second kappa shape index (κ2) is 3.05. The fraction of sp³-hybridized carbons (Fsp3) is 0.333. The highest BCUT2D eigenvalue weighted by Gasteiger charge is 1.97. The zero-order chi connectivity index (χ0) is 8.27. The fourth-order valence-electron chi connectivity index (χ4n) is 0.724. The van der Waals surface area contributed by atoms with Gasteiger partial charge in [-0.3, -0.25) is 4.79 Å². The second-order valence-corrected chi connectivity index (χ2v) is 2.18. The van der Waals surface area contributed by atoms with E-state index in [9.17, 15) is 4.79 Å². The van der Waals surface area contributed by atoms with Gasteiger partial charge in [-0.1, -0.05) is 0 Å². The Labute approximate surface area is 63.5 Å². The number of hydrogen-bond acceptors (Lipinski definition) is 3. The topological polar surface area (TPSA) is 81.1 Å². The van der Waals surface area contributed by atoms with Gasteiger partial charge in [0.25, 0.3) is 0 Å². The summed E-state index contributed by atoms with van der Waals surface area (Å²) in [5.41, 5.74) is 5.31. The van der Waals surface area contributed by atoms with Crippen LogP contribution in [0.4, 0.5) is 5.82 Å². The molecule has 1 heterocycles. The molecule has 0 atom stereocenters. The Hall–Kier alpha value is -1.52. The molecule has 5 nitrogen and oxygen atoms in total. The van der Waals surface area contributed by atoms with Gasteiger partial charge in [-0.05, 0) is 0 Å². The molecule has 0 aromatic carbocycles. The highest BCUT2D eigenvalue weighted by Crippen LogP contribution is 1.97. The van der Waals surface area contributed by atoms with Gasteiger partial charge in [-0.25, -0.2) is 4.98 Å². The lowest BCUT2D eigenvalue weighted by Gasteiger charge is -1.95. The van der Waals surface area contributed by atoms with E-state index in [1.165, 1.54) is 6.33 Å². The van der Waals surface area contributed by atoms with E-state index in [1.807, 2.05) is 0 Å². The normalized spacial score (nSPS) is 9.82. The fourth-order valence-corrected chi connectivity index (χ4v) is 0.724. The number of carboxylic acids is 1. The molecule has 0 amide bonds. The van der Waals surface area contributed by atoms with Crippen LogP contribution in [0.5, 0.6) is 0 Å². The number of aryl methyl sites for hydroxylation is 1. The Morgan fingerprint density at radius 2 is 2.55 bits per heavy atom. The largest absolute Gasteiger partial charge is 0.481 e. The summed E-state index contributed by atoms with van der Waals surface area (Å²) in [7, 11) is 0. The van der Waals surface area contributed by atoms with Crippen LogP contribution < -0.4 is 5.73 Å². The quantitative estimate of drug-likeness (QED) is 0.640. The smallest absolute Gasteiger partial charge is 0.305 e. The molecule has 0 bridgehead atoms. The number of imidazole rings is 1. The van der Waals surface area contributed by atoms with Crippen molar-refractivity contribution in [3.8, 4) is 0 Å². The molecule has 3 N–H and O–H groups in total. The zero-order valence-electron chi connectivity index (χ0n) is 5.90. The molecule has 1 aromatic heterocycles. The first-order valence-electron chi connectivity index (χ1n) is 3.17. The van der Waals surface area contributed by atoms with Crippen molar-refractivity contribution in [2.75, 3.05) is 5.73 Å². The number of nitrogens with zero attached hydrogens (tertiary/aromatic N) is 2. The van der Waals surface area contributed by atoms with E-state index in [0.717, 1.165) is 0 Å². The number of carbonyl (C=O) groups is 1. The number of nitrogens with two attached hydrogens (primary N) is 1. The van der Waals surface area contributed by atoms with Crippen molar-refractivity contribution >= 4 is 11.8 Å². The maximum atomic E-state index is 10.1. The van der Waals surface area contributed by atoms with Crippen molar-refractivity contribution in [2.45, 2.75) is 13.0 Å². The predicted octanol–water partition coefficient (Wildman–Crippen LogP) is -0.0600. The van der Waals surface area contributed by atoms with Crippen LogP contribution in [0.25, 0.3) is 0 Å². The third-order valence-electron chi connectivity index (χ3n) is 1.24. The van der Waals surface area contributed by atoms with E-state index >= 15 is 0 Å². The van der Waals surface area contributed by atoms with Crippen molar-refractivity contribution in [1.29, 1.82) is 0 Å². The van der Waals surface area contributed by atoms with Gasteiger partial charge >= 0.3 is 5.97 Å². The van der Waals surface area contributed by atoms with Crippen LogP contribution in [0.1, 0.15) is 6.42 Å². The summed E-state index contributed by atoms with van der Waals surface area (Å²) >= 11 is 0. The molecule has 11 heavy (non-hydrogen) atoms. The lowest BCUT2D eigenvalue weighted by atomic mass is 10.4. The average molecular weight is 155 g/mol. The lowest BCUT2D eigenvalue weighted by Crippen LogP contribution is -2.02. The summed E-state index contributed by atoms with van der Waals surface area (Å²) in [5.74, 6) is -0.410. The summed E-state index contributed by atoms with van der Waals surface area (Å²) < 4.78 is 1.64. The average Bonchev–Trinajstić information content (AvgIpc) is 2.31. The first-order chi connectivity index (χ1) is 5.18. The molecule has 0 fully saturated rings. The second-order valence-electron chi connectivity index (χ2n) is 2.18. The first-order valence-corrected chi connectivity index (χ1v) is 3.17. The van der Waals surface area contributed by atoms with E-state index in [-0.39, 0.29) is 6.42 Å². The predicted molar refractivity (Wildman–Crippen MR) is 38.9 cm³/mol. The molecule has 1 aromatic rings. The Morgan fingerprint density at radius 3 is 3.00 bits per heavy atom. The molecule has 0 saturated heterocycles. The number of rotatable bonds is 3. The van der Waals surface area contributed by atoms with E-state index in [2.05, 4.69) is 4.98 Å². The molecule has 0 radical (unpaired) electrons. The maximum Gasteiger partial charge on any atom is 0.305 e. The van der Waals surface area contributed by atoms with Crippen molar-refractivity contribution in [2.24, 2.45) is 0 Å². The number of hydrogen-bond donors (Lipinski definition) is 2. The van der Waals surface area contributed by atoms with Gasteiger partial charge in [0.2, 0.25) is 0 Å². The molecule has 0 aliphatic carbocycles. The van der Waals surface area contributed by atoms with Crippen LogP contribution in [-0.2, 0) is 11.3 Å². The van der Waals surface area contributed by atoms with E-state index in [4.69, 9.17) is 10.8 Å². The number of carboxylic acid groups (broad SMARTS) is 1. The van der Waals surface area contributed by atoms with Gasteiger partial charge in [0.05, 0.1) is 12.7 Å². The summed E-state index contributed by atoms with van der Waals surface area (Å²) in [4.78, 5) is 13.9. The van der Waals surface area contributed by atoms with Gasteiger partial charge in [-0.2, -0.15) is 0 Å². The van der Waals surface area contributed by atoms with Gasteiger partial charge < -0.3 is 15.4 Å². The van der Waals surface area contributed by atoms with Crippen LogP contribution in [0.15, 0.2) is 12.5 Å². The van der Waals surface area contributed by atoms with E-state index in [1.54, 1.807) is 10.8 Å². The van der Waals surface area contributed by atoms with Crippen molar-refractivity contribution < 1.29 is 9.90 Å². The van der Waals surface area contributed by atoms with Crippen LogP contribution in [0, 0.1) is 0 Å². The van der Waals surface area contributed by atoms with E-state index in [0.29, 0.717) is 12.4 Å². The van der Waals surface area contributed by atoms with Gasteiger partial charge in [0, 0.05) is 12.7 Å². The molecular weight excluding hydrogens is 146 g/mol. The molecule has 60 valence electrons. The summed E-state index contributed by atoms with van der Waals surface area (Å²) in [6, 6.07) is 0. The third kappa shape index (κ3) is 2.29. The minimum atomic E-state index is -0.822. The van der Waals surface area contributed by atoms with E-state index < -0.39 is 5.97 Å². The lowest BCUT2D eigenvalue weighted by molar-refractivity contribution is -0.137. The van der Waals surface area contributed by atoms with Gasteiger partial charge in [0.15, 0.2) is 0 Å². The van der Waals surface area contributed by atoms with Gasteiger partial charge in [-0.15, -0.1) is 0 Å². The van der Waals surface area contributed by atoms with Gasteiger partial charge in [0.1, 0.15) is 5.82 Å². The van der Waals surface area contributed by atoms with Crippen LogP contribution in [-0.4, -0.2) is 20.6 Å². The van der Waals surface area contributed by atoms with Crippen molar-refractivity contribution in [3.05, 3.63) is 12.5 Å². The third-order valence-corrected chi connectivity index (χ3v) is 1.24. The molecule has 0 spiro atoms. The summed E-state index contributed by atoms with van der Waals surface area (Å²) in [5, 5.41) is 8.32. The molecule has 5 heteroatoms. The first kappa shape index (κ1) is 7.59. The number of aromatic nitrogens is 2. The minimum absolute atomic E-state index is 0.0931. The highest BCUT2D eigenvalue weighted by atomic mass is 16.4. The Kier molecular flexibility index (Phi) is 2.10. The zero-order valence-corrected chi connectivity index (χ0v) is 5.90. The summed E-state index contributed by atoms with van der Waals surface area (Å²) in [6.45, 7) is 0.416. The monoisotopic (exact) mass is 155 g/mol. The molecule has 0 aliphatic heterocycles. The Balaban J connectivity index is 2.45. The van der Waals surface area contributed by atoms with Crippen LogP contribution >= 0.6 is 0 Å². The standard InChI is InChI=1S/C6H9N3O2/c7-5-3-9(4-8-5)2-1-6(10)11/h3-4H,1-2,7H2,(H,10,11). The van der Waals surface area contributed by atoms with Crippen molar-refractivity contribution in [1.82, 2.24) is 9.55 Å². The van der Waals surface area contributed by atoms with Crippen molar-refractivity contribution in [3.63, 3.8) is 0 Å². The summed E-state index contributed by atoms with van der Waals surface area (Å²) in [6.07, 6.45) is 3.21. The SMILES string of the molecule is Nc1cn(CCC(=O)O)cn1. The highest BCUT2D eigenvalue weighted by molar-refractivity contribution is 5.66. The minimum Gasteiger partial charge on any atom is -0.481 e. The Morgan fingerprint density at radius 1 is 1.82 bits per heavy atom. The number of aliphatic carboxylic acids is 1. The molecule has 0 saturated carbocycles. The van der Waals surface area contributed by atoms with Crippen LogP contribution in [0.3, 0.4) is 0 Å². The molecule has 0 unspecified atom stereocenters. The number of nitrogen functional groups attached to an aromatic ring is 1. The maximum absolute atomic E-state index is 10.1. The number of anilines is 1. The molecule has 1 rings (SSSR count).